The van der Waals surface area contributed by atoms with E-state index in [-0.39, 0.29) is 11.5 Å². The van der Waals surface area contributed by atoms with Gasteiger partial charge in [0.2, 0.25) is 0 Å². The molecule has 2 atom stereocenters. The quantitative estimate of drug-likeness (QED) is 0.710. The first-order chi connectivity index (χ1) is 12.6. The Morgan fingerprint density at radius 3 is 2.65 bits per heavy atom. The molecule has 0 amide bonds. The van der Waals surface area contributed by atoms with Crippen LogP contribution < -0.4 is 5.32 Å². The third-order valence-corrected chi connectivity index (χ3v) is 6.67. The van der Waals surface area contributed by atoms with Crippen LogP contribution in [0.25, 0.3) is 11.0 Å². The summed E-state index contributed by atoms with van der Waals surface area (Å²) in [5.74, 6) is 0. The Morgan fingerprint density at radius 1 is 1.12 bits per heavy atom. The van der Waals surface area contributed by atoms with Crippen LogP contribution in [-0.2, 0) is 5.41 Å². The number of benzene rings is 2. The van der Waals surface area contributed by atoms with Crippen molar-refractivity contribution < 1.29 is 5.11 Å². The summed E-state index contributed by atoms with van der Waals surface area (Å²) < 4.78 is 2.20. The molecule has 1 aliphatic heterocycles. The van der Waals surface area contributed by atoms with E-state index in [2.05, 4.69) is 65.1 Å². The number of nitrogens with zero attached hydrogens (tertiary/aromatic N) is 2. The van der Waals surface area contributed by atoms with Crippen LogP contribution in [0.1, 0.15) is 41.1 Å². The number of nitrogens with one attached hydrogen (secondary N) is 1. The summed E-state index contributed by atoms with van der Waals surface area (Å²) in [6.07, 6.45) is 3.44. The molecule has 2 heterocycles. The predicted molar refractivity (Wildman–Crippen MR) is 104 cm³/mol. The molecule has 1 aromatic heterocycles. The lowest BCUT2D eigenvalue weighted by Crippen LogP contribution is -2.47. The molecule has 4 nitrogen and oxygen atoms in total. The van der Waals surface area contributed by atoms with Crippen molar-refractivity contribution in [2.45, 2.75) is 44.2 Å². The van der Waals surface area contributed by atoms with E-state index < -0.39 is 6.10 Å². The molecule has 1 saturated heterocycles. The molecule has 1 fully saturated rings. The van der Waals surface area contributed by atoms with E-state index in [1.54, 1.807) is 0 Å². The van der Waals surface area contributed by atoms with Crippen molar-refractivity contribution in [3.63, 3.8) is 0 Å². The van der Waals surface area contributed by atoms with Crippen LogP contribution in [0, 0.1) is 13.8 Å². The number of aliphatic hydroxyl groups excluding tert-OH is 1. The van der Waals surface area contributed by atoms with Gasteiger partial charge in [-0.2, -0.15) is 0 Å². The molecule has 0 bridgehead atoms. The molecule has 2 aliphatic rings. The normalized spacial score (nSPS) is 24.3. The Balaban J connectivity index is 1.72. The van der Waals surface area contributed by atoms with Gasteiger partial charge in [-0.25, -0.2) is 4.98 Å². The van der Waals surface area contributed by atoms with Crippen LogP contribution in [0.2, 0.25) is 0 Å². The van der Waals surface area contributed by atoms with Gasteiger partial charge in [-0.1, -0.05) is 24.3 Å². The predicted octanol–water partition coefficient (Wildman–Crippen LogP) is 3.24. The van der Waals surface area contributed by atoms with E-state index in [4.69, 9.17) is 0 Å². The van der Waals surface area contributed by atoms with Crippen molar-refractivity contribution in [3.05, 3.63) is 65.0 Å². The molecular formula is C22H25N3O. The van der Waals surface area contributed by atoms with Gasteiger partial charge in [0.15, 0.2) is 0 Å². The van der Waals surface area contributed by atoms with Crippen molar-refractivity contribution >= 4 is 11.0 Å². The second-order valence-corrected chi connectivity index (χ2v) is 7.96. The van der Waals surface area contributed by atoms with Gasteiger partial charge in [0.25, 0.3) is 0 Å². The topological polar surface area (TPSA) is 50.1 Å². The highest BCUT2D eigenvalue weighted by atomic mass is 16.3. The first-order valence-electron chi connectivity index (χ1n) is 9.54. The molecule has 2 aromatic carbocycles. The number of piperidine rings is 1. The Bertz CT molecular complexity index is 984. The zero-order chi connectivity index (χ0) is 17.9. The summed E-state index contributed by atoms with van der Waals surface area (Å²) >= 11 is 0. The molecule has 1 aliphatic carbocycles. The minimum atomic E-state index is -0.430. The highest BCUT2D eigenvalue weighted by molar-refractivity contribution is 5.78. The van der Waals surface area contributed by atoms with Gasteiger partial charge >= 0.3 is 0 Å². The summed E-state index contributed by atoms with van der Waals surface area (Å²) in [5.41, 5.74) is 7.05. The van der Waals surface area contributed by atoms with Crippen molar-refractivity contribution in [1.29, 1.82) is 0 Å². The minimum absolute atomic E-state index is 0.0728. The maximum absolute atomic E-state index is 11.6. The Hall–Kier alpha value is -2.17. The lowest BCUT2D eigenvalue weighted by atomic mass is 9.72. The fourth-order valence-corrected chi connectivity index (χ4v) is 5.08. The maximum Gasteiger partial charge on any atom is 0.0965 e. The average Bonchev–Trinajstić information content (AvgIpc) is 3.14. The number of rotatable bonds is 1. The van der Waals surface area contributed by atoms with Gasteiger partial charge < -0.3 is 15.0 Å². The van der Waals surface area contributed by atoms with Gasteiger partial charge in [-0.3, -0.25) is 0 Å². The van der Waals surface area contributed by atoms with E-state index in [0.29, 0.717) is 0 Å². The molecule has 4 heteroatoms. The number of hydrogen-bond acceptors (Lipinski definition) is 3. The highest BCUT2D eigenvalue weighted by Gasteiger charge is 2.52. The van der Waals surface area contributed by atoms with Gasteiger partial charge in [0.1, 0.15) is 0 Å². The van der Waals surface area contributed by atoms with Crippen LogP contribution in [-0.4, -0.2) is 33.9 Å². The van der Waals surface area contributed by atoms with Gasteiger partial charge in [0.05, 0.1) is 29.5 Å². The van der Waals surface area contributed by atoms with E-state index in [1.165, 1.54) is 22.3 Å². The van der Waals surface area contributed by atoms with Crippen LogP contribution in [0.15, 0.2) is 42.7 Å². The number of imidazole rings is 1. The molecular weight excluding hydrogens is 322 g/mol. The van der Waals surface area contributed by atoms with Gasteiger partial charge in [-0.05, 0) is 74.2 Å². The number of aromatic nitrogens is 2. The number of aliphatic hydroxyl groups is 1. The zero-order valence-corrected chi connectivity index (χ0v) is 15.4. The molecule has 5 rings (SSSR count). The zero-order valence-electron chi connectivity index (χ0n) is 15.4. The molecule has 26 heavy (non-hydrogen) atoms. The minimum Gasteiger partial charge on any atom is -0.390 e. The number of fused-ring (bicyclic) bond motifs is 3. The summed E-state index contributed by atoms with van der Waals surface area (Å²) in [6, 6.07) is 12.9. The van der Waals surface area contributed by atoms with Crippen molar-refractivity contribution in [2.75, 3.05) is 13.1 Å². The number of hydrogen-bond donors (Lipinski definition) is 2. The van der Waals surface area contributed by atoms with Crippen LogP contribution in [0.3, 0.4) is 0 Å². The summed E-state index contributed by atoms with van der Waals surface area (Å²) in [4.78, 5) is 4.65. The number of aryl methyl sites for hydroxylation is 2. The van der Waals surface area contributed by atoms with E-state index in [9.17, 15) is 5.11 Å². The van der Waals surface area contributed by atoms with Gasteiger partial charge in [0, 0.05) is 5.41 Å². The van der Waals surface area contributed by atoms with Crippen LogP contribution in [0.4, 0.5) is 0 Å². The Labute approximate surface area is 153 Å². The summed E-state index contributed by atoms with van der Waals surface area (Å²) in [5, 5.41) is 15.0. The standard InChI is InChI=1S/C22H25N3O/c1-14-11-18-19(12-15(14)2)25(13-24-18)20-16-5-3-4-6-17(16)22(21(20)26)7-9-23-10-8-22/h3-6,11-13,20-21,23,26H,7-10H2,1-2H3/t20-,21+/m1/s1. The first kappa shape index (κ1) is 16.0. The SMILES string of the molecule is Cc1cc2ncn([C@@H]3c4ccccc4C4(CCNCC4)[C@H]3O)c2cc1C. The largest absolute Gasteiger partial charge is 0.390 e. The van der Waals surface area contributed by atoms with Crippen molar-refractivity contribution in [2.24, 2.45) is 0 Å². The second kappa shape index (κ2) is 5.66. The van der Waals surface area contributed by atoms with Crippen molar-refractivity contribution in [1.82, 2.24) is 14.9 Å². The lowest BCUT2D eigenvalue weighted by molar-refractivity contribution is 0.0468. The lowest BCUT2D eigenvalue weighted by Gasteiger charge is -2.39. The van der Waals surface area contributed by atoms with E-state index >= 15 is 0 Å². The monoisotopic (exact) mass is 347 g/mol. The second-order valence-electron chi connectivity index (χ2n) is 7.96. The van der Waals surface area contributed by atoms with Crippen LogP contribution in [0.5, 0.6) is 0 Å². The fourth-order valence-electron chi connectivity index (χ4n) is 5.08. The molecule has 0 saturated carbocycles. The molecule has 134 valence electrons. The molecule has 1 spiro atoms. The average molecular weight is 347 g/mol. The molecule has 3 aromatic rings. The first-order valence-corrected chi connectivity index (χ1v) is 9.54. The maximum atomic E-state index is 11.6. The molecule has 0 unspecified atom stereocenters. The fraction of sp³-hybridized carbons (Fsp3) is 0.409. The summed E-state index contributed by atoms with van der Waals surface area (Å²) in [7, 11) is 0. The Kier molecular flexibility index (Phi) is 3.49. The van der Waals surface area contributed by atoms with E-state index in [0.717, 1.165) is 37.0 Å². The van der Waals surface area contributed by atoms with Crippen LogP contribution >= 0.6 is 0 Å². The molecule has 0 radical (unpaired) electrons. The van der Waals surface area contributed by atoms with E-state index in [1.807, 2.05) is 6.33 Å². The third-order valence-electron chi connectivity index (χ3n) is 6.67. The smallest absolute Gasteiger partial charge is 0.0965 e. The Morgan fingerprint density at radius 2 is 1.85 bits per heavy atom. The summed E-state index contributed by atoms with van der Waals surface area (Å²) in [6.45, 7) is 6.18. The van der Waals surface area contributed by atoms with Gasteiger partial charge in [-0.15, -0.1) is 0 Å². The third kappa shape index (κ3) is 2.06. The van der Waals surface area contributed by atoms with Crippen molar-refractivity contribution in [3.8, 4) is 0 Å². The highest BCUT2D eigenvalue weighted by Crippen LogP contribution is 2.51. The molecule has 2 N–H and O–H groups in total.